The van der Waals surface area contributed by atoms with Crippen LogP contribution in [0.4, 0.5) is 0 Å². The molecule has 76 valence electrons. The van der Waals surface area contributed by atoms with Gasteiger partial charge in [-0.1, -0.05) is 35.9 Å². The summed E-state index contributed by atoms with van der Waals surface area (Å²) in [5, 5.41) is 4.21. The van der Waals surface area contributed by atoms with E-state index in [4.69, 9.17) is 11.6 Å². The number of rotatable bonds is 5. The van der Waals surface area contributed by atoms with E-state index in [0.717, 1.165) is 23.6 Å². The molecule has 0 spiro atoms. The highest BCUT2D eigenvalue weighted by molar-refractivity contribution is 6.31. The Hall–Kier alpha value is -0.790. The minimum atomic E-state index is 0.295. The first kappa shape index (κ1) is 11.3. The van der Waals surface area contributed by atoms with Crippen LogP contribution < -0.4 is 5.32 Å². The average Bonchev–Trinajstić information content (AvgIpc) is 2.18. The van der Waals surface area contributed by atoms with Gasteiger partial charge in [0.2, 0.25) is 0 Å². The van der Waals surface area contributed by atoms with E-state index in [1.807, 2.05) is 30.3 Å². The van der Waals surface area contributed by atoms with E-state index in [2.05, 4.69) is 18.8 Å². The Kier molecular flexibility index (Phi) is 4.71. The molecule has 0 saturated carbocycles. The van der Waals surface area contributed by atoms with Crippen molar-refractivity contribution in [2.45, 2.75) is 19.4 Å². The molecule has 0 fully saturated rings. The van der Waals surface area contributed by atoms with Crippen LogP contribution >= 0.6 is 11.6 Å². The third-order valence-corrected chi connectivity index (χ3v) is 2.51. The van der Waals surface area contributed by atoms with E-state index in [1.165, 1.54) is 0 Å². The highest BCUT2D eigenvalue weighted by Crippen LogP contribution is 2.21. The lowest BCUT2D eigenvalue weighted by Crippen LogP contribution is -2.19. The van der Waals surface area contributed by atoms with Crippen molar-refractivity contribution < 1.29 is 0 Å². The molecular formula is C12H16ClN. The van der Waals surface area contributed by atoms with Crippen LogP contribution in [-0.4, -0.2) is 6.54 Å². The number of halogens is 1. The highest BCUT2D eigenvalue weighted by atomic mass is 35.5. The maximum absolute atomic E-state index is 6.07. The van der Waals surface area contributed by atoms with Crippen LogP contribution in [0, 0.1) is 0 Å². The zero-order valence-corrected chi connectivity index (χ0v) is 9.22. The second kappa shape index (κ2) is 5.84. The van der Waals surface area contributed by atoms with Crippen LogP contribution in [0.15, 0.2) is 36.9 Å². The minimum absolute atomic E-state index is 0.295. The summed E-state index contributed by atoms with van der Waals surface area (Å²) in [6.07, 6.45) is 2.89. The molecule has 1 aromatic carbocycles. The van der Waals surface area contributed by atoms with E-state index >= 15 is 0 Å². The number of hydrogen-bond acceptors (Lipinski definition) is 1. The summed E-state index contributed by atoms with van der Waals surface area (Å²) >= 11 is 6.07. The Bertz CT molecular complexity index is 296. The number of nitrogens with one attached hydrogen (secondary N) is 1. The van der Waals surface area contributed by atoms with Crippen LogP contribution in [0.25, 0.3) is 0 Å². The first-order valence-corrected chi connectivity index (χ1v) is 5.22. The van der Waals surface area contributed by atoms with Gasteiger partial charge in [0.15, 0.2) is 0 Å². The third kappa shape index (κ3) is 3.17. The Balaban J connectivity index is 2.55. The van der Waals surface area contributed by atoms with Gasteiger partial charge in [0.05, 0.1) is 0 Å². The highest BCUT2D eigenvalue weighted by Gasteiger charge is 2.06. The van der Waals surface area contributed by atoms with Gasteiger partial charge in [0.25, 0.3) is 0 Å². The second-order valence-corrected chi connectivity index (χ2v) is 3.68. The van der Waals surface area contributed by atoms with Crippen molar-refractivity contribution in [2.75, 3.05) is 6.54 Å². The predicted molar refractivity (Wildman–Crippen MR) is 62.7 cm³/mol. The average molecular weight is 210 g/mol. The van der Waals surface area contributed by atoms with Gasteiger partial charge in [-0.05, 0) is 31.5 Å². The maximum atomic E-state index is 6.07. The smallest absolute Gasteiger partial charge is 0.0453 e. The summed E-state index contributed by atoms with van der Waals surface area (Å²) in [6.45, 7) is 6.74. The van der Waals surface area contributed by atoms with Gasteiger partial charge in [-0.2, -0.15) is 0 Å². The molecule has 1 aromatic rings. The lowest BCUT2D eigenvalue weighted by molar-refractivity contribution is 0.581. The van der Waals surface area contributed by atoms with Crippen molar-refractivity contribution in [2.24, 2.45) is 0 Å². The van der Waals surface area contributed by atoms with Crippen molar-refractivity contribution in [3.05, 3.63) is 47.5 Å². The van der Waals surface area contributed by atoms with E-state index in [9.17, 15) is 0 Å². The van der Waals surface area contributed by atoms with Crippen LogP contribution in [0.2, 0.25) is 5.02 Å². The Labute approximate surface area is 90.8 Å². The third-order valence-electron chi connectivity index (χ3n) is 2.17. The molecule has 0 amide bonds. The monoisotopic (exact) mass is 209 g/mol. The van der Waals surface area contributed by atoms with Crippen molar-refractivity contribution in [3.63, 3.8) is 0 Å². The molecule has 1 rings (SSSR count). The topological polar surface area (TPSA) is 12.0 Å². The molecule has 14 heavy (non-hydrogen) atoms. The molecule has 0 aliphatic rings. The fourth-order valence-corrected chi connectivity index (χ4v) is 1.64. The molecule has 0 saturated heterocycles. The quantitative estimate of drug-likeness (QED) is 0.578. The largest absolute Gasteiger partial charge is 0.310 e. The normalized spacial score (nSPS) is 12.4. The molecule has 0 radical (unpaired) electrons. The molecule has 0 aliphatic carbocycles. The fraction of sp³-hybridized carbons (Fsp3) is 0.333. The van der Waals surface area contributed by atoms with E-state index < -0.39 is 0 Å². The van der Waals surface area contributed by atoms with E-state index in [-0.39, 0.29) is 0 Å². The molecule has 2 heteroatoms. The molecule has 0 aromatic heterocycles. The molecule has 0 heterocycles. The van der Waals surface area contributed by atoms with Gasteiger partial charge in [-0.15, -0.1) is 6.58 Å². The number of hydrogen-bond donors (Lipinski definition) is 1. The molecule has 1 N–H and O–H groups in total. The van der Waals surface area contributed by atoms with Gasteiger partial charge in [0.1, 0.15) is 0 Å². The van der Waals surface area contributed by atoms with Crippen molar-refractivity contribution in [1.82, 2.24) is 5.32 Å². The standard InChI is InChI=1S/C12H16ClN/c1-3-4-9-14-10(2)11-7-5-6-8-12(11)13/h3,5-8,10,14H,1,4,9H2,2H3/t10-/m0/s1. The Morgan fingerprint density at radius 1 is 1.50 bits per heavy atom. The summed E-state index contributed by atoms with van der Waals surface area (Å²) in [7, 11) is 0. The van der Waals surface area contributed by atoms with Gasteiger partial charge in [-0.25, -0.2) is 0 Å². The molecule has 0 unspecified atom stereocenters. The lowest BCUT2D eigenvalue weighted by Gasteiger charge is -2.14. The zero-order chi connectivity index (χ0) is 10.4. The summed E-state index contributed by atoms with van der Waals surface area (Å²) in [5.41, 5.74) is 1.15. The fourth-order valence-electron chi connectivity index (χ4n) is 1.34. The summed E-state index contributed by atoms with van der Waals surface area (Å²) in [4.78, 5) is 0. The van der Waals surface area contributed by atoms with Gasteiger partial charge < -0.3 is 5.32 Å². The predicted octanol–water partition coefficient (Wildman–Crippen LogP) is 3.57. The van der Waals surface area contributed by atoms with Crippen molar-refractivity contribution >= 4 is 11.6 Å². The molecule has 1 nitrogen and oxygen atoms in total. The SMILES string of the molecule is C=CCCN[C@@H](C)c1ccccc1Cl. The maximum Gasteiger partial charge on any atom is 0.0453 e. The van der Waals surface area contributed by atoms with Gasteiger partial charge in [-0.3, -0.25) is 0 Å². The van der Waals surface area contributed by atoms with Crippen molar-refractivity contribution in [3.8, 4) is 0 Å². The first-order valence-electron chi connectivity index (χ1n) is 4.84. The van der Waals surface area contributed by atoms with Crippen LogP contribution in [0.5, 0.6) is 0 Å². The first-order chi connectivity index (χ1) is 6.75. The Morgan fingerprint density at radius 3 is 2.86 bits per heavy atom. The molecular weight excluding hydrogens is 194 g/mol. The zero-order valence-electron chi connectivity index (χ0n) is 8.46. The Morgan fingerprint density at radius 2 is 2.21 bits per heavy atom. The molecule has 1 atom stereocenters. The van der Waals surface area contributed by atoms with Crippen molar-refractivity contribution in [1.29, 1.82) is 0 Å². The summed E-state index contributed by atoms with van der Waals surface area (Å²) in [6, 6.07) is 8.22. The van der Waals surface area contributed by atoms with E-state index in [0.29, 0.717) is 6.04 Å². The second-order valence-electron chi connectivity index (χ2n) is 3.27. The molecule has 0 aliphatic heterocycles. The minimum Gasteiger partial charge on any atom is -0.310 e. The summed E-state index contributed by atoms with van der Waals surface area (Å²) in [5.74, 6) is 0. The number of benzene rings is 1. The van der Waals surface area contributed by atoms with Gasteiger partial charge >= 0.3 is 0 Å². The lowest BCUT2D eigenvalue weighted by atomic mass is 10.1. The van der Waals surface area contributed by atoms with Crippen LogP contribution in [0.3, 0.4) is 0 Å². The van der Waals surface area contributed by atoms with Gasteiger partial charge in [0, 0.05) is 11.1 Å². The van der Waals surface area contributed by atoms with E-state index in [1.54, 1.807) is 0 Å². The molecule has 0 bridgehead atoms. The van der Waals surface area contributed by atoms with Crippen LogP contribution in [0.1, 0.15) is 24.9 Å². The summed E-state index contributed by atoms with van der Waals surface area (Å²) < 4.78 is 0. The van der Waals surface area contributed by atoms with Crippen LogP contribution in [-0.2, 0) is 0 Å².